The van der Waals surface area contributed by atoms with Gasteiger partial charge in [0, 0.05) is 30.7 Å². The zero-order valence-corrected chi connectivity index (χ0v) is 19.7. The van der Waals surface area contributed by atoms with Crippen LogP contribution in [0.4, 0.5) is 4.79 Å². The average molecular weight is 471 g/mol. The van der Waals surface area contributed by atoms with E-state index in [1.165, 1.54) is 22.9 Å². The Morgan fingerprint density at radius 2 is 1.64 bits per heavy atom. The van der Waals surface area contributed by atoms with Crippen LogP contribution >= 0.6 is 11.8 Å². The molecule has 0 spiro atoms. The van der Waals surface area contributed by atoms with E-state index in [0.717, 1.165) is 11.1 Å². The number of aliphatic carboxylic acids is 1. The largest absolute Gasteiger partial charge is 0.481 e. The first kappa shape index (κ1) is 24.6. The molecular formula is C25H30N2O5S. The van der Waals surface area contributed by atoms with Crippen LogP contribution in [0.1, 0.15) is 37.3 Å². The molecule has 0 saturated carbocycles. The highest BCUT2D eigenvalue weighted by molar-refractivity contribution is 7.99. The Morgan fingerprint density at radius 1 is 1.03 bits per heavy atom. The second-order valence-corrected chi connectivity index (χ2v) is 9.43. The van der Waals surface area contributed by atoms with Gasteiger partial charge in [-0.15, -0.1) is 11.8 Å². The van der Waals surface area contributed by atoms with Crippen molar-refractivity contribution in [1.82, 2.24) is 10.6 Å². The summed E-state index contributed by atoms with van der Waals surface area (Å²) in [5, 5.41) is 14.2. The third-order valence-corrected chi connectivity index (χ3v) is 6.59. The van der Waals surface area contributed by atoms with E-state index in [4.69, 9.17) is 9.84 Å². The molecule has 0 bridgehead atoms. The summed E-state index contributed by atoms with van der Waals surface area (Å²) in [6.45, 7) is 4.47. The summed E-state index contributed by atoms with van der Waals surface area (Å²) in [5.41, 5.74) is 4.62. The molecule has 1 aliphatic carbocycles. The molecule has 8 heteroatoms. The minimum atomic E-state index is -0.876. The standard InChI is InChI=1S/C25H30N2O5S/c1-16(2)22(13-23(28)26-11-12-33-15-24(29)30)27-25(31)32-14-21-19-9-5-3-7-17(19)18-8-4-6-10-20(18)21/h3-10,16,21-22H,11-15H2,1-2H3,(H,26,28)(H,27,31)(H,29,30)/t22-/m1/s1. The Labute approximate surface area is 198 Å². The second-order valence-electron chi connectivity index (χ2n) is 8.32. The lowest BCUT2D eigenvalue weighted by atomic mass is 9.98. The molecule has 33 heavy (non-hydrogen) atoms. The summed E-state index contributed by atoms with van der Waals surface area (Å²) in [7, 11) is 0. The molecule has 1 aliphatic rings. The number of fused-ring (bicyclic) bond motifs is 3. The molecule has 0 saturated heterocycles. The van der Waals surface area contributed by atoms with Gasteiger partial charge in [-0.05, 0) is 28.2 Å². The number of alkyl carbamates (subject to hydrolysis) is 1. The maximum Gasteiger partial charge on any atom is 0.407 e. The molecule has 0 heterocycles. The Hall–Kier alpha value is -3.00. The molecule has 2 amide bonds. The Bertz CT molecular complexity index is 949. The number of benzene rings is 2. The minimum absolute atomic E-state index is 0.00777. The molecule has 0 unspecified atom stereocenters. The number of hydrogen-bond donors (Lipinski definition) is 3. The van der Waals surface area contributed by atoms with Crippen molar-refractivity contribution in [3.05, 3.63) is 59.7 Å². The Morgan fingerprint density at radius 3 is 2.21 bits per heavy atom. The lowest BCUT2D eigenvalue weighted by Gasteiger charge is -2.22. The van der Waals surface area contributed by atoms with Crippen molar-refractivity contribution in [1.29, 1.82) is 0 Å². The van der Waals surface area contributed by atoms with Gasteiger partial charge < -0.3 is 20.5 Å². The van der Waals surface area contributed by atoms with Crippen LogP contribution in [0.2, 0.25) is 0 Å². The smallest absolute Gasteiger partial charge is 0.407 e. The molecule has 2 aromatic rings. The predicted molar refractivity (Wildman–Crippen MR) is 129 cm³/mol. The number of ether oxygens (including phenoxy) is 1. The van der Waals surface area contributed by atoms with Crippen molar-refractivity contribution in [3.63, 3.8) is 0 Å². The highest BCUT2D eigenvalue weighted by Crippen LogP contribution is 2.44. The van der Waals surface area contributed by atoms with Gasteiger partial charge in [0.05, 0.1) is 5.75 Å². The number of carbonyl (C=O) groups is 3. The monoisotopic (exact) mass is 470 g/mol. The van der Waals surface area contributed by atoms with Crippen LogP contribution in [0.15, 0.2) is 48.5 Å². The van der Waals surface area contributed by atoms with Crippen LogP contribution in [0, 0.1) is 5.92 Å². The molecule has 0 radical (unpaired) electrons. The van der Waals surface area contributed by atoms with E-state index in [1.807, 2.05) is 38.1 Å². The first-order valence-electron chi connectivity index (χ1n) is 11.0. The van der Waals surface area contributed by atoms with E-state index >= 15 is 0 Å². The van der Waals surface area contributed by atoms with Crippen LogP contribution in [0.5, 0.6) is 0 Å². The molecule has 0 fully saturated rings. The summed E-state index contributed by atoms with van der Waals surface area (Å²) in [6, 6.07) is 15.9. The minimum Gasteiger partial charge on any atom is -0.481 e. The van der Waals surface area contributed by atoms with E-state index in [-0.39, 0.29) is 42.6 Å². The third kappa shape index (κ3) is 6.74. The summed E-state index contributed by atoms with van der Waals surface area (Å²) in [4.78, 5) is 35.3. The maximum atomic E-state index is 12.6. The van der Waals surface area contributed by atoms with Gasteiger partial charge in [0.25, 0.3) is 0 Å². The Balaban J connectivity index is 1.50. The number of carboxylic acids is 1. The first-order chi connectivity index (χ1) is 15.9. The van der Waals surface area contributed by atoms with Crippen LogP contribution in [0.3, 0.4) is 0 Å². The molecule has 1 atom stereocenters. The lowest BCUT2D eigenvalue weighted by molar-refractivity contribution is -0.133. The fourth-order valence-electron chi connectivity index (χ4n) is 3.94. The molecular weight excluding hydrogens is 440 g/mol. The van der Waals surface area contributed by atoms with Gasteiger partial charge in [-0.1, -0.05) is 62.4 Å². The van der Waals surface area contributed by atoms with Crippen molar-refractivity contribution in [2.24, 2.45) is 5.92 Å². The van der Waals surface area contributed by atoms with Crippen molar-refractivity contribution >= 4 is 29.7 Å². The number of rotatable bonds is 11. The number of amides is 2. The third-order valence-electron chi connectivity index (χ3n) is 5.65. The van der Waals surface area contributed by atoms with Crippen molar-refractivity contribution in [3.8, 4) is 11.1 Å². The average Bonchev–Trinajstić information content (AvgIpc) is 3.10. The van der Waals surface area contributed by atoms with E-state index in [9.17, 15) is 14.4 Å². The number of carboxylic acid groups (broad SMARTS) is 1. The van der Waals surface area contributed by atoms with E-state index in [1.54, 1.807) is 0 Å². The molecule has 3 N–H and O–H groups in total. The molecule has 0 aliphatic heterocycles. The second kappa shape index (κ2) is 11.7. The van der Waals surface area contributed by atoms with E-state index < -0.39 is 12.1 Å². The van der Waals surface area contributed by atoms with Gasteiger partial charge in [0.1, 0.15) is 6.61 Å². The van der Waals surface area contributed by atoms with E-state index in [2.05, 4.69) is 34.9 Å². The van der Waals surface area contributed by atoms with Gasteiger partial charge in [-0.25, -0.2) is 4.79 Å². The molecule has 176 valence electrons. The zero-order chi connectivity index (χ0) is 23.8. The van der Waals surface area contributed by atoms with Crippen LogP contribution in [-0.2, 0) is 14.3 Å². The van der Waals surface area contributed by atoms with Crippen molar-refractivity contribution in [2.75, 3.05) is 24.7 Å². The summed E-state index contributed by atoms with van der Waals surface area (Å²) >= 11 is 1.24. The van der Waals surface area contributed by atoms with Crippen LogP contribution < -0.4 is 10.6 Å². The van der Waals surface area contributed by atoms with Crippen molar-refractivity contribution in [2.45, 2.75) is 32.2 Å². The van der Waals surface area contributed by atoms with Gasteiger partial charge in [-0.2, -0.15) is 0 Å². The quantitative estimate of drug-likeness (QED) is 0.431. The maximum absolute atomic E-state index is 12.6. The molecule has 7 nitrogen and oxygen atoms in total. The zero-order valence-electron chi connectivity index (χ0n) is 18.9. The molecule has 3 rings (SSSR count). The van der Waals surface area contributed by atoms with Gasteiger partial charge in [0.15, 0.2) is 0 Å². The number of nitrogens with one attached hydrogen (secondary N) is 2. The van der Waals surface area contributed by atoms with Crippen LogP contribution in [0.25, 0.3) is 11.1 Å². The fraction of sp³-hybridized carbons (Fsp3) is 0.400. The van der Waals surface area contributed by atoms with Crippen LogP contribution in [-0.4, -0.2) is 53.8 Å². The van der Waals surface area contributed by atoms with Gasteiger partial charge in [0.2, 0.25) is 5.91 Å². The number of carbonyl (C=O) groups excluding carboxylic acids is 2. The van der Waals surface area contributed by atoms with Gasteiger partial charge in [-0.3, -0.25) is 9.59 Å². The first-order valence-corrected chi connectivity index (χ1v) is 12.2. The number of hydrogen-bond acceptors (Lipinski definition) is 5. The summed E-state index contributed by atoms with van der Waals surface area (Å²) < 4.78 is 5.60. The van der Waals surface area contributed by atoms with Gasteiger partial charge >= 0.3 is 12.1 Å². The topological polar surface area (TPSA) is 105 Å². The Kier molecular flexibility index (Phi) is 8.77. The highest BCUT2D eigenvalue weighted by atomic mass is 32.2. The molecule has 2 aromatic carbocycles. The molecule has 0 aromatic heterocycles. The fourth-order valence-corrected chi connectivity index (χ4v) is 4.50. The normalized spacial score (nSPS) is 13.2. The van der Waals surface area contributed by atoms with E-state index in [0.29, 0.717) is 12.3 Å². The lowest BCUT2D eigenvalue weighted by Crippen LogP contribution is -2.43. The summed E-state index contributed by atoms with van der Waals surface area (Å²) in [5.74, 6) is -0.523. The summed E-state index contributed by atoms with van der Waals surface area (Å²) in [6.07, 6.45) is -0.411. The number of thioether (sulfide) groups is 1. The predicted octanol–water partition coefficient (Wildman–Crippen LogP) is 3.87. The van der Waals surface area contributed by atoms with Crippen molar-refractivity contribution < 1.29 is 24.2 Å². The SMILES string of the molecule is CC(C)[C@@H](CC(=O)NCCSCC(=O)O)NC(=O)OCC1c2ccccc2-c2ccccc21. The highest BCUT2D eigenvalue weighted by Gasteiger charge is 2.29.